The third kappa shape index (κ3) is 2.44. The maximum absolute atomic E-state index is 8.66. The lowest BCUT2D eigenvalue weighted by molar-refractivity contribution is -0.633. The molecule has 0 unspecified atom stereocenters. The first kappa shape index (κ1) is 16.1. The quantitative estimate of drug-likeness (QED) is 0.308. The number of nitrogens with zero attached hydrogens (tertiary/aromatic N) is 1. The van der Waals surface area contributed by atoms with Crippen LogP contribution >= 0.6 is 0 Å². The van der Waals surface area contributed by atoms with Gasteiger partial charge in [0.2, 0.25) is 11.3 Å². The van der Waals surface area contributed by atoms with Crippen LogP contribution in [0.25, 0.3) is 32.9 Å². The molecular weight excluding hydrogens is 342 g/mol. The molecule has 0 saturated heterocycles. The van der Waals surface area contributed by atoms with Crippen LogP contribution in [0.1, 0.15) is 33.3 Å². The molecule has 2 heteroatoms. The highest BCUT2D eigenvalue weighted by Gasteiger charge is 2.34. The molecule has 4 aromatic rings. The highest BCUT2D eigenvalue weighted by atomic mass is 16.5. The Balaban J connectivity index is 2.01. The van der Waals surface area contributed by atoms with Crippen molar-refractivity contribution < 1.29 is 10.7 Å². The summed E-state index contributed by atoms with van der Waals surface area (Å²) in [6.07, 6.45) is 0.847. The molecule has 0 bridgehead atoms. The molecule has 140 valence electrons. The van der Waals surface area contributed by atoms with Gasteiger partial charge in [0.15, 0.2) is 0 Å². The molecule has 5 rings (SSSR count). The zero-order chi connectivity index (χ0) is 20.5. The fourth-order valence-corrected chi connectivity index (χ4v) is 4.52. The average Bonchev–Trinajstić information content (AvgIpc) is 2.66. The number of hydrogen-bond acceptors (Lipinski definition) is 1. The van der Waals surface area contributed by atoms with Crippen LogP contribution in [0.15, 0.2) is 54.6 Å². The van der Waals surface area contributed by atoms with Gasteiger partial charge in [0.25, 0.3) is 5.69 Å². The SMILES string of the molecule is [2H]c1cccc2c1c(CC(C)(C)C)c1c([n+]2C)-c2c(C)ccc3cccc(c23)O1. The molecule has 0 aliphatic carbocycles. The minimum Gasteiger partial charge on any atom is -0.449 e. The molecule has 0 radical (unpaired) electrons. The maximum Gasteiger partial charge on any atom is 0.257 e. The van der Waals surface area contributed by atoms with Crippen LogP contribution in [0.5, 0.6) is 11.5 Å². The van der Waals surface area contributed by atoms with E-state index < -0.39 is 0 Å². The van der Waals surface area contributed by atoms with E-state index in [1.54, 1.807) is 0 Å². The summed E-state index contributed by atoms with van der Waals surface area (Å²) in [6.45, 7) is 8.91. The molecule has 0 atom stereocenters. The van der Waals surface area contributed by atoms with Gasteiger partial charge >= 0.3 is 0 Å². The van der Waals surface area contributed by atoms with E-state index in [0.717, 1.165) is 40.1 Å². The minimum absolute atomic E-state index is 0.0737. The van der Waals surface area contributed by atoms with Crippen LogP contribution in [0.4, 0.5) is 0 Å². The molecule has 1 aromatic heterocycles. The number of aryl methyl sites for hydroxylation is 2. The summed E-state index contributed by atoms with van der Waals surface area (Å²) in [5.41, 5.74) is 5.89. The lowest BCUT2D eigenvalue weighted by atomic mass is 9.84. The largest absolute Gasteiger partial charge is 0.449 e. The van der Waals surface area contributed by atoms with Gasteiger partial charge < -0.3 is 4.74 Å². The van der Waals surface area contributed by atoms with E-state index in [1.807, 2.05) is 12.1 Å². The van der Waals surface area contributed by atoms with E-state index >= 15 is 0 Å². The second-order valence-corrected chi connectivity index (χ2v) is 9.10. The molecule has 28 heavy (non-hydrogen) atoms. The fraction of sp³-hybridized carbons (Fsp3) is 0.269. The fourth-order valence-electron chi connectivity index (χ4n) is 4.52. The third-order valence-electron chi connectivity index (χ3n) is 5.69. The van der Waals surface area contributed by atoms with Gasteiger partial charge in [-0.05, 0) is 41.8 Å². The van der Waals surface area contributed by atoms with E-state index in [1.165, 1.54) is 21.9 Å². The molecule has 2 heterocycles. The van der Waals surface area contributed by atoms with Gasteiger partial charge in [-0.1, -0.05) is 57.2 Å². The predicted molar refractivity (Wildman–Crippen MR) is 116 cm³/mol. The molecule has 0 spiro atoms. The number of aromatic nitrogens is 1. The lowest BCUT2D eigenvalue weighted by Crippen LogP contribution is -2.34. The highest BCUT2D eigenvalue weighted by Crippen LogP contribution is 2.49. The van der Waals surface area contributed by atoms with Gasteiger partial charge in [-0.25, -0.2) is 0 Å². The van der Waals surface area contributed by atoms with Gasteiger partial charge in [0, 0.05) is 17.0 Å². The third-order valence-corrected chi connectivity index (χ3v) is 5.69. The summed E-state index contributed by atoms with van der Waals surface area (Å²) in [5.74, 6) is 1.81. The lowest BCUT2D eigenvalue weighted by Gasteiger charge is -2.26. The van der Waals surface area contributed by atoms with E-state index in [9.17, 15) is 0 Å². The first-order chi connectivity index (χ1) is 13.8. The summed E-state index contributed by atoms with van der Waals surface area (Å²) < 4.78 is 17.5. The number of para-hydroxylation sites is 1. The maximum atomic E-state index is 8.66. The molecule has 0 amide bonds. The predicted octanol–water partition coefficient (Wildman–Crippen LogP) is 6.49. The summed E-state index contributed by atoms with van der Waals surface area (Å²) in [5, 5.41) is 3.37. The molecule has 1 aliphatic rings. The van der Waals surface area contributed by atoms with Crippen molar-refractivity contribution in [2.45, 2.75) is 34.1 Å². The number of fused-ring (bicyclic) bond motifs is 3. The van der Waals surface area contributed by atoms with Crippen molar-refractivity contribution in [1.29, 1.82) is 0 Å². The normalized spacial score (nSPS) is 13.4. The topological polar surface area (TPSA) is 13.1 Å². The van der Waals surface area contributed by atoms with E-state index in [2.05, 4.69) is 75.7 Å². The first-order valence-electron chi connectivity index (χ1n) is 10.4. The summed E-state index contributed by atoms with van der Waals surface area (Å²) in [7, 11) is 2.09. The Bertz CT molecular complexity index is 1310. The average molecular weight is 370 g/mol. The molecule has 2 nitrogen and oxygen atoms in total. The van der Waals surface area contributed by atoms with Gasteiger partial charge in [0.1, 0.15) is 12.8 Å². The number of hydrogen-bond donors (Lipinski definition) is 0. The Morgan fingerprint density at radius 1 is 1.04 bits per heavy atom. The zero-order valence-corrected chi connectivity index (χ0v) is 17.2. The van der Waals surface area contributed by atoms with Crippen molar-refractivity contribution in [3.8, 4) is 22.8 Å². The molecule has 3 aromatic carbocycles. The highest BCUT2D eigenvalue weighted by molar-refractivity contribution is 6.05. The van der Waals surface area contributed by atoms with Crippen molar-refractivity contribution >= 4 is 21.7 Å². The second kappa shape index (κ2) is 5.81. The summed E-state index contributed by atoms with van der Waals surface area (Å²) in [6, 6.07) is 17.2. The van der Waals surface area contributed by atoms with Crippen molar-refractivity contribution in [2.24, 2.45) is 12.5 Å². The zero-order valence-electron chi connectivity index (χ0n) is 18.2. The van der Waals surface area contributed by atoms with Crippen LogP contribution in [-0.4, -0.2) is 0 Å². The van der Waals surface area contributed by atoms with E-state index in [0.29, 0.717) is 6.04 Å². The molecule has 1 aliphatic heterocycles. The number of benzene rings is 3. The van der Waals surface area contributed by atoms with Crippen LogP contribution in [-0.2, 0) is 13.5 Å². The van der Waals surface area contributed by atoms with Crippen LogP contribution in [0, 0.1) is 12.3 Å². The molecule has 0 saturated carbocycles. The molecule has 0 N–H and O–H groups in total. The van der Waals surface area contributed by atoms with Crippen molar-refractivity contribution in [3.05, 3.63) is 65.7 Å². The van der Waals surface area contributed by atoms with Gasteiger partial charge in [0.05, 0.1) is 12.3 Å². The first-order valence-corrected chi connectivity index (χ1v) is 9.91. The van der Waals surface area contributed by atoms with Crippen LogP contribution in [0.2, 0.25) is 0 Å². The van der Waals surface area contributed by atoms with E-state index in [-0.39, 0.29) is 5.41 Å². The summed E-state index contributed by atoms with van der Waals surface area (Å²) >= 11 is 0. The monoisotopic (exact) mass is 369 g/mol. The van der Waals surface area contributed by atoms with Crippen LogP contribution in [0.3, 0.4) is 0 Å². The second-order valence-electron chi connectivity index (χ2n) is 9.10. The number of ether oxygens (including phenoxy) is 1. The van der Waals surface area contributed by atoms with Gasteiger partial charge in [-0.3, -0.25) is 0 Å². The Hall–Kier alpha value is -2.87. The Labute approximate surface area is 167 Å². The van der Waals surface area contributed by atoms with Crippen molar-refractivity contribution in [3.63, 3.8) is 0 Å². The van der Waals surface area contributed by atoms with Crippen LogP contribution < -0.4 is 9.30 Å². The number of pyridine rings is 1. The van der Waals surface area contributed by atoms with Gasteiger partial charge in [-0.2, -0.15) is 4.57 Å². The Kier molecular flexibility index (Phi) is 3.35. The Morgan fingerprint density at radius 3 is 2.64 bits per heavy atom. The van der Waals surface area contributed by atoms with E-state index in [4.69, 9.17) is 6.11 Å². The van der Waals surface area contributed by atoms with Gasteiger partial charge in [-0.15, -0.1) is 0 Å². The summed E-state index contributed by atoms with van der Waals surface area (Å²) in [4.78, 5) is 0. The van der Waals surface area contributed by atoms with Crippen molar-refractivity contribution in [1.82, 2.24) is 0 Å². The molecule has 0 fully saturated rings. The smallest absolute Gasteiger partial charge is 0.257 e. The minimum atomic E-state index is 0.0737. The number of rotatable bonds is 1. The molecular formula is C26H26NO+. The Morgan fingerprint density at radius 2 is 1.86 bits per heavy atom. The standard InChI is InChI=1S/C26H26NO/c1-16-13-14-17-9-8-12-21-23(17)22(16)24-25(28-21)19(15-26(2,3)4)18-10-6-7-11-20(18)27(24)5/h6-14H,15H2,1-5H3/q+1/i10D. The van der Waals surface area contributed by atoms with Crippen molar-refractivity contribution in [2.75, 3.05) is 0 Å².